The van der Waals surface area contributed by atoms with Gasteiger partial charge in [-0.2, -0.15) is 13.5 Å². The largest absolute Gasteiger partial charge is 0.418 e. The van der Waals surface area contributed by atoms with Gasteiger partial charge in [-0.25, -0.2) is 4.79 Å². The highest BCUT2D eigenvalue weighted by Gasteiger charge is 2.65. The van der Waals surface area contributed by atoms with E-state index < -0.39 is 39.8 Å². The normalized spacial score (nSPS) is 29.7. The van der Waals surface area contributed by atoms with Crippen molar-refractivity contribution in [2.24, 2.45) is 11.3 Å². The average molecular weight is 374 g/mol. The van der Waals surface area contributed by atoms with E-state index in [2.05, 4.69) is 15.1 Å². The molecule has 2 aliphatic carbocycles. The number of amides is 4. The fourth-order valence-electron chi connectivity index (χ4n) is 3.70. The van der Waals surface area contributed by atoms with Gasteiger partial charge in [0.15, 0.2) is 0 Å². The van der Waals surface area contributed by atoms with Gasteiger partial charge in [-0.05, 0) is 37.5 Å². The van der Waals surface area contributed by atoms with E-state index in [-0.39, 0.29) is 18.4 Å². The summed E-state index contributed by atoms with van der Waals surface area (Å²) in [5, 5.41) is 0.651. The number of carbonyl (C=O) groups excluding carboxylic acids is 3. The lowest BCUT2D eigenvalue weighted by molar-refractivity contribution is -0.133. The Hall–Kier alpha value is -1.92. The van der Waals surface area contributed by atoms with Crippen LogP contribution in [0.3, 0.4) is 0 Å². The van der Waals surface area contributed by atoms with Gasteiger partial charge >= 0.3 is 16.4 Å². The van der Waals surface area contributed by atoms with Gasteiger partial charge in [0, 0.05) is 12.5 Å². The minimum Gasteiger partial charge on any atom is -0.309 e. The van der Waals surface area contributed by atoms with Crippen LogP contribution in [-0.2, 0) is 24.3 Å². The molecule has 0 aromatic rings. The molecule has 1 spiro atoms. The predicted molar refractivity (Wildman–Crippen MR) is 79.4 cm³/mol. The summed E-state index contributed by atoms with van der Waals surface area (Å²) < 4.78 is 35.3. The van der Waals surface area contributed by atoms with Crippen LogP contribution in [-0.4, -0.2) is 59.4 Å². The molecule has 0 aromatic heterocycles. The highest BCUT2D eigenvalue weighted by atomic mass is 32.3. The van der Waals surface area contributed by atoms with E-state index in [9.17, 15) is 22.8 Å². The summed E-state index contributed by atoms with van der Waals surface area (Å²) >= 11 is 0. The van der Waals surface area contributed by atoms with Crippen LogP contribution in [0, 0.1) is 11.3 Å². The molecule has 138 valence electrons. The number of piperidine rings is 1. The number of nitrogens with one attached hydrogen (secondary N) is 2. The van der Waals surface area contributed by atoms with E-state index in [1.54, 1.807) is 0 Å². The summed E-state index contributed by atoms with van der Waals surface area (Å²) in [5.41, 5.74) is 4.29. The number of urea groups is 1. The molecule has 4 fully saturated rings. The highest BCUT2D eigenvalue weighted by Crippen LogP contribution is 2.59. The second kappa shape index (κ2) is 5.29. The lowest BCUT2D eigenvalue weighted by Gasteiger charge is -2.35. The van der Waals surface area contributed by atoms with Crippen LogP contribution in [0.4, 0.5) is 4.79 Å². The Bertz CT molecular complexity index is 745. The molecule has 0 radical (unpaired) electrons. The van der Waals surface area contributed by atoms with Crippen LogP contribution in [0.25, 0.3) is 0 Å². The minimum absolute atomic E-state index is 0.0714. The molecule has 3 N–H and O–H groups in total. The lowest BCUT2D eigenvalue weighted by atomic mass is 9.85. The van der Waals surface area contributed by atoms with Gasteiger partial charge < -0.3 is 4.90 Å². The van der Waals surface area contributed by atoms with Crippen LogP contribution in [0.2, 0.25) is 0 Å². The van der Waals surface area contributed by atoms with E-state index in [1.165, 1.54) is 4.90 Å². The Morgan fingerprint density at radius 1 is 1.20 bits per heavy atom. The van der Waals surface area contributed by atoms with E-state index in [0.29, 0.717) is 11.5 Å². The third kappa shape index (κ3) is 2.93. The number of hydroxylamine groups is 2. The van der Waals surface area contributed by atoms with Gasteiger partial charge in [0.2, 0.25) is 5.91 Å². The van der Waals surface area contributed by atoms with Crippen molar-refractivity contribution in [2.45, 2.75) is 44.2 Å². The first kappa shape index (κ1) is 16.5. The van der Waals surface area contributed by atoms with Crippen LogP contribution < -0.4 is 10.9 Å². The Balaban J connectivity index is 1.49. The quantitative estimate of drug-likeness (QED) is 0.420. The zero-order valence-electron chi connectivity index (χ0n) is 13.2. The average Bonchev–Trinajstić information content (AvgIpc) is 3.44. The van der Waals surface area contributed by atoms with E-state index >= 15 is 0 Å². The van der Waals surface area contributed by atoms with E-state index in [4.69, 9.17) is 4.55 Å². The zero-order chi connectivity index (χ0) is 18.0. The zero-order valence-corrected chi connectivity index (χ0v) is 14.0. The fourth-order valence-corrected chi connectivity index (χ4v) is 4.07. The number of hydrogen-bond donors (Lipinski definition) is 3. The summed E-state index contributed by atoms with van der Waals surface area (Å²) in [6.45, 7) is 0.128. The van der Waals surface area contributed by atoms with Crippen molar-refractivity contribution < 1.29 is 31.6 Å². The maximum absolute atomic E-state index is 12.4. The maximum Gasteiger partial charge on any atom is 0.418 e. The van der Waals surface area contributed by atoms with Crippen molar-refractivity contribution in [3.8, 4) is 0 Å². The number of carbonyl (C=O) groups is 3. The molecule has 2 bridgehead atoms. The first-order valence-corrected chi connectivity index (χ1v) is 9.43. The third-order valence-electron chi connectivity index (χ3n) is 5.40. The summed E-state index contributed by atoms with van der Waals surface area (Å²) in [6.07, 6.45) is 3.38. The third-order valence-corrected chi connectivity index (χ3v) is 5.75. The van der Waals surface area contributed by atoms with Crippen LogP contribution in [0.15, 0.2) is 0 Å². The van der Waals surface area contributed by atoms with Crippen LogP contribution in [0.5, 0.6) is 0 Å². The van der Waals surface area contributed by atoms with Crippen molar-refractivity contribution >= 4 is 28.2 Å². The molecule has 12 heteroatoms. The van der Waals surface area contributed by atoms with E-state index in [0.717, 1.165) is 25.7 Å². The summed E-state index contributed by atoms with van der Waals surface area (Å²) in [7, 11) is -4.84. The summed E-state index contributed by atoms with van der Waals surface area (Å²) in [4.78, 5) is 37.7. The molecule has 4 aliphatic rings. The van der Waals surface area contributed by atoms with Gasteiger partial charge in [0.05, 0.1) is 6.04 Å². The maximum atomic E-state index is 12.4. The summed E-state index contributed by atoms with van der Waals surface area (Å²) in [5.74, 6) is -0.856. The molecule has 2 heterocycles. The van der Waals surface area contributed by atoms with Crippen molar-refractivity contribution in [2.75, 3.05) is 6.54 Å². The molecule has 2 saturated carbocycles. The monoisotopic (exact) mass is 374 g/mol. The van der Waals surface area contributed by atoms with Gasteiger partial charge in [-0.15, -0.1) is 4.28 Å². The molecule has 11 nitrogen and oxygen atoms in total. The van der Waals surface area contributed by atoms with Crippen molar-refractivity contribution in [3.05, 3.63) is 0 Å². The fraction of sp³-hybridized carbons (Fsp3) is 0.769. The van der Waals surface area contributed by atoms with Gasteiger partial charge in [-0.3, -0.25) is 25.0 Å². The molecule has 25 heavy (non-hydrogen) atoms. The van der Waals surface area contributed by atoms with E-state index in [1.807, 2.05) is 0 Å². The van der Waals surface area contributed by atoms with Crippen molar-refractivity contribution in [1.29, 1.82) is 0 Å². The van der Waals surface area contributed by atoms with Crippen molar-refractivity contribution in [3.63, 3.8) is 0 Å². The topological polar surface area (TPSA) is 145 Å². The minimum atomic E-state index is -4.84. The molecule has 0 unspecified atom stereocenters. The van der Waals surface area contributed by atoms with Gasteiger partial charge in [-0.1, -0.05) is 0 Å². The van der Waals surface area contributed by atoms with Gasteiger partial charge in [0.25, 0.3) is 5.91 Å². The first-order valence-electron chi connectivity index (χ1n) is 8.07. The standard InChI is InChI=1S/C13H18N4O7S/c18-10(7-1-2-7)14-15-11(19)8-5-13(3-4-13)9-6-16(8)12(20)17(9)24-25(21,22)23/h7-9H,1-6H2,(H,14,18)(H,15,19)(H,21,22,23)/t8-,9-/m0/s1. The molecule has 2 atom stereocenters. The Morgan fingerprint density at radius 2 is 1.84 bits per heavy atom. The predicted octanol–water partition coefficient (Wildman–Crippen LogP) is -1.06. The second-order valence-corrected chi connectivity index (χ2v) is 8.12. The number of nitrogens with zero attached hydrogens (tertiary/aromatic N) is 2. The van der Waals surface area contributed by atoms with Crippen LogP contribution in [0.1, 0.15) is 32.1 Å². The smallest absolute Gasteiger partial charge is 0.309 e. The lowest BCUT2D eigenvalue weighted by Crippen LogP contribution is -2.56. The summed E-state index contributed by atoms with van der Waals surface area (Å²) in [6, 6.07) is -2.16. The van der Waals surface area contributed by atoms with Crippen molar-refractivity contribution in [1.82, 2.24) is 20.8 Å². The number of rotatable bonds is 4. The number of hydrogen-bond acceptors (Lipinski definition) is 6. The molecule has 2 aliphatic heterocycles. The number of hydrazine groups is 1. The molecular weight excluding hydrogens is 356 g/mol. The Labute approximate surface area is 143 Å². The Kier molecular flexibility index (Phi) is 3.50. The molecule has 0 aromatic carbocycles. The van der Waals surface area contributed by atoms with Gasteiger partial charge in [0.1, 0.15) is 6.04 Å². The Morgan fingerprint density at radius 3 is 2.40 bits per heavy atom. The SMILES string of the molecule is O=C(NNC(=O)[C@@H]1CC2(CC2)[C@@H]2CN1C(=O)N2OS(=O)(=O)O)C1CC1. The molecular formula is C13H18N4O7S. The molecule has 4 amide bonds. The first-order chi connectivity index (χ1) is 11.7. The highest BCUT2D eigenvalue weighted by molar-refractivity contribution is 7.80. The second-order valence-electron chi connectivity index (χ2n) is 7.11. The number of fused-ring (bicyclic) bond motifs is 3. The molecule has 4 rings (SSSR count). The molecule has 2 saturated heterocycles. The van der Waals surface area contributed by atoms with Crippen LogP contribution >= 0.6 is 0 Å².